The predicted octanol–water partition coefficient (Wildman–Crippen LogP) is 7.47. The van der Waals surface area contributed by atoms with Gasteiger partial charge in [-0.2, -0.15) is 0 Å². The molecular formula is C29H41NO4. The van der Waals surface area contributed by atoms with Crippen molar-refractivity contribution in [2.45, 2.75) is 99.1 Å². The van der Waals surface area contributed by atoms with Gasteiger partial charge < -0.3 is 14.4 Å². The van der Waals surface area contributed by atoms with Crippen LogP contribution in [-0.4, -0.2) is 29.0 Å². The number of carbonyl (C=O) groups is 2. The van der Waals surface area contributed by atoms with Gasteiger partial charge in [0.15, 0.2) is 11.5 Å². The highest BCUT2D eigenvalue weighted by Crippen LogP contribution is 2.37. The van der Waals surface area contributed by atoms with E-state index < -0.39 is 12.1 Å². The van der Waals surface area contributed by atoms with Gasteiger partial charge in [0.2, 0.25) is 0 Å². The quantitative estimate of drug-likeness (QED) is 0.298. The first-order valence-corrected chi connectivity index (χ1v) is 12.3. The second kappa shape index (κ2) is 11.5. The van der Waals surface area contributed by atoms with Gasteiger partial charge in [-0.05, 0) is 87.8 Å². The van der Waals surface area contributed by atoms with Gasteiger partial charge in [0.1, 0.15) is 0 Å². The lowest BCUT2D eigenvalue weighted by molar-refractivity contribution is 0.0722. The molecule has 0 aliphatic heterocycles. The van der Waals surface area contributed by atoms with Gasteiger partial charge in [0, 0.05) is 12.1 Å². The summed E-state index contributed by atoms with van der Waals surface area (Å²) in [6.07, 6.45) is 2.76. The van der Waals surface area contributed by atoms with Gasteiger partial charge >= 0.3 is 12.1 Å². The van der Waals surface area contributed by atoms with Crippen LogP contribution in [0.5, 0.6) is 11.5 Å². The van der Waals surface area contributed by atoms with Crippen LogP contribution >= 0.6 is 0 Å². The largest absolute Gasteiger partial charge is 0.419 e. The summed E-state index contributed by atoms with van der Waals surface area (Å²) in [7, 11) is 0. The Morgan fingerprint density at radius 2 is 1.53 bits per heavy atom. The Labute approximate surface area is 205 Å². The van der Waals surface area contributed by atoms with E-state index in [1.54, 1.807) is 23.1 Å². The van der Waals surface area contributed by atoms with Crippen molar-refractivity contribution in [1.29, 1.82) is 0 Å². The molecule has 0 saturated carbocycles. The van der Waals surface area contributed by atoms with E-state index in [1.807, 2.05) is 52.8 Å². The lowest BCUT2D eigenvalue weighted by atomic mass is 9.86. The number of ether oxygens (including phenoxy) is 2. The molecule has 0 aliphatic rings. The second-order valence-corrected chi connectivity index (χ2v) is 10.5. The first-order valence-electron chi connectivity index (χ1n) is 12.3. The maximum Gasteiger partial charge on any atom is 0.415 e. The van der Waals surface area contributed by atoms with Crippen molar-refractivity contribution in [3.8, 4) is 11.5 Å². The number of rotatable bonds is 8. The van der Waals surface area contributed by atoms with E-state index in [0.717, 1.165) is 30.4 Å². The van der Waals surface area contributed by atoms with Crippen LogP contribution in [0.2, 0.25) is 0 Å². The Morgan fingerprint density at radius 1 is 0.941 bits per heavy atom. The van der Waals surface area contributed by atoms with E-state index >= 15 is 0 Å². The molecule has 0 aromatic heterocycles. The van der Waals surface area contributed by atoms with Crippen molar-refractivity contribution in [3.05, 3.63) is 58.7 Å². The molecule has 0 unspecified atom stereocenters. The molecule has 2 aromatic rings. The maximum absolute atomic E-state index is 13.1. The molecule has 34 heavy (non-hydrogen) atoms. The van der Waals surface area contributed by atoms with Gasteiger partial charge in [-0.25, -0.2) is 9.59 Å². The maximum atomic E-state index is 13.1. The lowest BCUT2D eigenvalue weighted by Crippen LogP contribution is -2.43. The molecule has 1 amide bonds. The third-order valence-electron chi connectivity index (χ3n) is 5.83. The third kappa shape index (κ3) is 7.09. The number of amides is 1. The number of benzene rings is 2. The van der Waals surface area contributed by atoms with Crippen LogP contribution in [-0.2, 0) is 11.8 Å². The lowest BCUT2D eigenvalue weighted by Gasteiger charge is -2.30. The Hall–Kier alpha value is -2.82. The molecule has 0 atom stereocenters. The molecule has 5 heteroatoms. The molecule has 0 fully saturated rings. The van der Waals surface area contributed by atoms with Crippen LogP contribution < -0.4 is 9.47 Å². The summed E-state index contributed by atoms with van der Waals surface area (Å²) < 4.78 is 11.7. The summed E-state index contributed by atoms with van der Waals surface area (Å²) in [6, 6.07) is 11.2. The summed E-state index contributed by atoms with van der Waals surface area (Å²) in [5, 5.41) is 0. The highest BCUT2D eigenvalue weighted by molar-refractivity contribution is 5.91. The monoisotopic (exact) mass is 467 g/mol. The van der Waals surface area contributed by atoms with Gasteiger partial charge in [0.25, 0.3) is 0 Å². The zero-order valence-corrected chi connectivity index (χ0v) is 22.3. The minimum absolute atomic E-state index is 0.0309. The number of unbranched alkanes of at least 4 members (excludes halogenated alkanes) is 1. The molecule has 0 saturated heterocycles. The Morgan fingerprint density at radius 3 is 2.03 bits per heavy atom. The van der Waals surface area contributed by atoms with Crippen molar-refractivity contribution in [2.24, 2.45) is 0 Å². The Kier molecular flexibility index (Phi) is 9.31. The van der Waals surface area contributed by atoms with Crippen LogP contribution in [0.25, 0.3) is 0 Å². The van der Waals surface area contributed by atoms with E-state index in [9.17, 15) is 9.59 Å². The normalized spacial score (nSPS) is 11.6. The number of hydrogen-bond acceptors (Lipinski definition) is 4. The van der Waals surface area contributed by atoms with E-state index in [4.69, 9.17) is 9.47 Å². The summed E-state index contributed by atoms with van der Waals surface area (Å²) in [6.45, 7) is 18.1. The topological polar surface area (TPSA) is 55.8 Å². The molecule has 0 N–H and O–H groups in total. The summed E-state index contributed by atoms with van der Waals surface area (Å²) in [5.74, 6) is 0.0542. The predicted molar refractivity (Wildman–Crippen MR) is 138 cm³/mol. The van der Waals surface area contributed by atoms with Crippen molar-refractivity contribution < 1.29 is 19.1 Å². The van der Waals surface area contributed by atoms with Crippen LogP contribution in [0.4, 0.5) is 4.79 Å². The number of esters is 1. The minimum Gasteiger partial charge on any atom is -0.419 e. The zero-order chi connectivity index (χ0) is 25.6. The first-order chi connectivity index (χ1) is 15.8. The van der Waals surface area contributed by atoms with Crippen LogP contribution in [0.3, 0.4) is 0 Å². The standard InChI is InChI=1S/C29H41NO4/c1-10-11-12-22-13-15-23(16-14-22)27(31)34-26-21(6)17-24(29(7,8)9)18-25(26)33-28(32)30(19(2)3)20(4)5/h13-20H,10-12H2,1-9H3. The van der Waals surface area contributed by atoms with Crippen LogP contribution in [0, 0.1) is 6.92 Å². The molecule has 0 bridgehead atoms. The Bertz CT molecular complexity index is 976. The fraction of sp³-hybridized carbons (Fsp3) is 0.517. The number of carbonyl (C=O) groups excluding carboxylic acids is 2. The fourth-order valence-corrected chi connectivity index (χ4v) is 3.89. The SMILES string of the molecule is CCCCc1ccc(C(=O)Oc2c(C)cc(C(C)(C)C)cc2OC(=O)N(C(C)C)C(C)C)cc1. The number of hydrogen-bond donors (Lipinski definition) is 0. The first kappa shape index (κ1) is 27.4. The third-order valence-corrected chi connectivity index (χ3v) is 5.83. The van der Waals surface area contributed by atoms with E-state index in [-0.39, 0.29) is 29.0 Å². The average molecular weight is 468 g/mol. The number of aryl methyl sites for hydroxylation is 2. The average Bonchev–Trinajstić information content (AvgIpc) is 2.73. The van der Waals surface area contributed by atoms with Gasteiger partial charge in [-0.3, -0.25) is 0 Å². The van der Waals surface area contributed by atoms with Crippen molar-refractivity contribution in [3.63, 3.8) is 0 Å². The molecule has 0 spiro atoms. The van der Waals surface area contributed by atoms with Gasteiger partial charge in [0.05, 0.1) is 5.56 Å². The highest BCUT2D eigenvalue weighted by Gasteiger charge is 2.27. The van der Waals surface area contributed by atoms with Crippen LogP contribution in [0.15, 0.2) is 36.4 Å². The van der Waals surface area contributed by atoms with E-state index in [2.05, 4.69) is 27.7 Å². The molecular weight excluding hydrogens is 426 g/mol. The molecule has 0 aliphatic carbocycles. The smallest absolute Gasteiger partial charge is 0.415 e. The molecule has 5 nitrogen and oxygen atoms in total. The van der Waals surface area contributed by atoms with Gasteiger partial charge in [-0.1, -0.05) is 52.3 Å². The summed E-state index contributed by atoms with van der Waals surface area (Å²) >= 11 is 0. The summed E-state index contributed by atoms with van der Waals surface area (Å²) in [4.78, 5) is 27.7. The van der Waals surface area contributed by atoms with E-state index in [0.29, 0.717) is 5.56 Å². The number of nitrogens with zero attached hydrogens (tertiary/aromatic N) is 1. The summed E-state index contributed by atoms with van der Waals surface area (Å²) in [5.41, 5.74) is 3.22. The molecule has 2 rings (SSSR count). The molecule has 2 aromatic carbocycles. The zero-order valence-electron chi connectivity index (χ0n) is 22.3. The fourth-order valence-electron chi connectivity index (χ4n) is 3.89. The highest BCUT2D eigenvalue weighted by atomic mass is 16.6. The van der Waals surface area contributed by atoms with Crippen molar-refractivity contribution in [2.75, 3.05) is 0 Å². The Balaban J connectivity index is 2.40. The molecule has 0 heterocycles. The second-order valence-electron chi connectivity index (χ2n) is 10.5. The molecule has 186 valence electrons. The van der Waals surface area contributed by atoms with E-state index in [1.165, 1.54) is 5.56 Å². The molecule has 0 radical (unpaired) electrons. The van der Waals surface area contributed by atoms with Crippen LogP contribution in [0.1, 0.15) is 95.3 Å². The van der Waals surface area contributed by atoms with Crippen molar-refractivity contribution >= 4 is 12.1 Å². The minimum atomic E-state index is -0.476. The van der Waals surface area contributed by atoms with Crippen molar-refractivity contribution in [1.82, 2.24) is 4.90 Å². The van der Waals surface area contributed by atoms with Gasteiger partial charge in [-0.15, -0.1) is 0 Å².